The first-order chi connectivity index (χ1) is 10.6. The molecule has 1 aromatic carbocycles. The molecule has 1 heterocycles. The van der Waals surface area contributed by atoms with Crippen molar-refractivity contribution in [2.45, 2.75) is 31.7 Å². The van der Waals surface area contributed by atoms with Crippen LogP contribution in [-0.4, -0.2) is 36.2 Å². The van der Waals surface area contributed by atoms with Crippen LogP contribution in [0.25, 0.3) is 0 Å². The molecule has 1 atom stereocenters. The van der Waals surface area contributed by atoms with Crippen molar-refractivity contribution in [1.82, 2.24) is 10.2 Å². The third kappa shape index (κ3) is 3.41. The Kier molecular flexibility index (Phi) is 5.88. The SMILES string of the molecule is Oc1c(Br)cc(Br)c([C@@H](C2CCCC2)N2CCNCC2)c1Br. The topological polar surface area (TPSA) is 35.5 Å². The lowest BCUT2D eigenvalue weighted by molar-refractivity contribution is 0.124. The highest BCUT2D eigenvalue weighted by molar-refractivity contribution is 9.11. The Bertz CT molecular complexity index is 541. The first-order valence-corrected chi connectivity index (χ1v) is 10.3. The van der Waals surface area contributed by atoms with Crippen molar-refractivity contribution in [3.05, 3.63) is 25.0 Å². The third-order valence-electron chi connectivity index (χ3n) is 4.87. The van der Waals surface area contributed by atoms with Crippen molar-refractivity contribution < 1.29 is 5.11 Å². The molecule has 2 fully saturated rings. The number of phenols is 1. The molecule has 3 nitrogen and oxygen atoms in total. The van der Waals surface area contributed by atoms with E-state index in [1.807, 2.05) is 6.07 Å². The molecule has 1 aliphatic carbocycles. The highest BCUT2D eigenvalue weighted by atomic mass is 79.9. The quantitative estimate of drug-likeness (QED) is 0.630. The Balaban J connectivity index is 2.03. The van der Waals surface area contributed by atoms with Crippen LogP contribution < -0.4 is 5.32 Å². The van der Waals surface area contributed by atoms with Crippen molar-refractivity contribution in [3.63, 3.8) is 0 Å². The Morgan fingerprint density at radius 3 is 2.36 bits per heavy atom. The van der Waals surface area contributed by atoms with E-state index in [4.69, 9.17) is 0 Å². The summed E-state index contributed by atoms with van der Waals surface area (Å²) < 4.78 is 2.61. The number of hydrogen-bond donors (Lipinski definition) is 2. The lowest BCUT2D eigenvalue weighted by Gasteiger charge is -2.39. The van der Waals surface area contributed by atoms with Gasteiger partial charge in [-0.15, -0.1) is 0 Å². The largest absolute Gasteiger partial charge is 0.506 e. The fraction of sp³-hybridized carbons (Fsp3) is 0.625. The average Bonchev–Trinajstić information content (AvgIpc) is 3.04. The molecule has 3 rings (SSSR count). The second-order valence-electron chi connectivity index (χ2n) is 6.19. The molecule has 2 N–H and O–H groups in total. The van der Waals surface area contributed by atoms with Crippen molar-refractivity contribution in [2.24, 2.45) is 5.92 Å². The van der Waals surface area contributed by atoms with Gasteiger partial charge in [0.1, 0.15) is 5.75 Å². The highest BCUT2D eigenvalue weighted by Crippen LogP contribution is 2.48. The van der Waals surface area contributed by atoms with Crippen LogP contribution >= 0.6 is 47.8 Å². The van der Waals surface area contributed by atoms with Crippen molar-refractivity contribution in [1.29, 1.82) is 0 Å². The molecule has 0 aromatic heterocycles. The highest BCUT2D eigenvalue weighted by Gasteiger charge is 2.35. The van der Waals surface area contributed by atoms with Crippen molar-refractivity contribution in [2.75, 3.05) is 26.2 Å². The van der Waals surface area contributed by atoms with E-state index < -0.39 is 0 Å². The number of piperazine rings is 1. The monoisotopic (exact) mass is 494 g/mol. The molecule has 0 radical (unpaired) electrons. The van der Waals surface area contributed by atoms with Gasteiger partial charge in [-0.1, -0.05) is 28.8 Å². The summed E-state index contributed by atoms with van der Waals surface area (Å²) in [6.45, 7) is 4.22. The number of nitrogens with one attached hydrogen (secondary N) is 1. The molecule has 2 aliphatic rings. The minimum atomic E-state index is 0.302. The van der Waals surface area contributed by atoms with Gasteiger partial charge in [0.2, 0.25) is 0 Å². The summed E-state index contributed by atoms with van der Waals surface area (Å²) in [5, 5.41) is 13.8. The fourth-order valence-electron chi connectivity index (χ4n) is 3.82. The molecule has 1 aromatic rings. The van der Waals surface area contributed by atoms with Gasteiger partial charge >= 0.3 is 0 Å². The molecule has 1 aliphatic heterocycles. The molecule has 1 saturated heterocycles. The van der Waals surface area contributed by atoms with Gasteiger partial charge in [0.25, 0.3) is 0 Å². The zero-order chi connectivity index (χ0) is 15.7. The smallest absolute Gasteiger partial charge is 0.144 e. The summed E-state index contributed by atoms with van der Waals surface area (Å²) in [6.07, 6.45) is 5.21. The van der Waals surface area contributed by atoms with Crippen LogP contribution in [0.3, 0.4) is 0 Å². The van der Waals surface area contributed by atoms with Gasteiger partial charge < -0.3 is 10.4 Å². The Labute approximate surface area is 157 Å². The molecule has 1 saturated carbocycles. The van der Waals surface area contributed by atoms with E-state index in [9.17, 15) is 5.11 Å². The predicted octanol–water partition coefficient (Wildman–Crippen LogP) is 4.82. The van der Waals surface area contributed by atoms with Gasteiger partial charge in [-0.2, -0.15) is 0 Å². The van der Waals surface area contributed by atoms with Gasteiger partial charge in [0.05, 0.1) is 8.95 Å². The molecular weight excluding hydrogens is 476 g/mol. The van der Waals surface area contributed by atoms with Crippen LogP contribution in [0.1, 0.15) is 37.3 Å². The maximum Gasteiger partial charge on any atom is 0.144 e. The average molecular weight is 497 g/mol. The second-order valence-corrected chi connectivity index (χ2v) is 8.69. The summed E-state index contributed by atoms with van der Waals surface area (Å²) >= 11 is 10.8. The Morgan fingerprint density at radius 1 is 1.09 bits per heavy atom. The molecule has 0 spiro atoms. The van der Waals surface area contributed by atoms with Crippen LogP contribution in [0.2, 0.25) is 0 Å². The minimum Gasteiger partial charge on any atom is -0.506 e. The van der Waals surface area contributed by atoms with E-state index in [1.54, 1.807) is 0 Å². The third-order valence-corrected chi connectivity index (χ3v) is 6.93. The maximum absolute atomic E-state index is 10.4. The van der Waals surface area contributed by atoms with Crippen molar-refractivity contribution in [3.8, 4) is 5.75 Å². The first kappa shape index (κ1) is 17.2. The van der Waals surface area contributed by atoms with Gasteiger partial charge in [-0.25, -0.2) is 0 Å². The lowest BCUT2D eigenvalue weighted by Crippen LogP contribution is -2.46. The van der Waals surface area contributed by atoms with Crippen LogP contribution in [0.15, 0.2) is 19.5 Å². The minimum absolute atomic E-state index is 0.302. The molecule has 0 bridgehead atoms. The number of phenolic OH excluding ortho intramolecular Hbond substituents is 1. The van der Waals surface area contributed by atoms with E-state index in [-0.39, 0.29) is 0 Å². The summed E-state index contributed by atoms with van der Waals surface area (Å²) in [6, 6.07) is 2.34. The Morgan fingerprint density at radius 2 is 1.73 bits per heavy atom. The van der Waals surface area contributed by atoms with Crippen LogP contribution in [0.5, 0.6) is 5.75 Å². The van der Waals surface area contributed by atoms with Crippen molar-refractivity contribution >= 4 is 47.8 Å². The molecule has 22 heavy (non-hydrogen) atoms. The fourth-order valence-corrected chi connectivity index (χ4v) is 6.41. The summed E-state index contributed by atoms with van der Waals surface area (Å²) in [7, 11) is 0. The summed E-state index contributed by atoms with van der Waals surface area (Å²) in [4.78, 5) is 2.59. The predicted molar refractivity (Wildman–Crippen MR) is 100 cm³/mol. The van der Waals surface area contributed by atoms with E-state index >= 15 is 0 Å². The number of aromatic hydroxyl groups is 1. The molecular formula is C16H21Br3N2O. The van der Waals surface area contributed by atoms with Gasteiger partial charge in [-0.3, -0.25) is 4.90 Å². The zero-order valence-electron chi connectivity index (χ0n) is 12.4. The lowest BCUT2D eigenvalue weighted by atomic mass is 9.89. The molecule has 122 valence electrons. The molecule has 6 heteroatoms. The number of nitrogens with zero attached hydrogens (tertiary/aromatic N) is 1. The summed E-state index contributed by atoms with van der Waals surface area (Å²) in [5.41, 5.74) is 1.20. The van der Waals surface area contributed by atoms with E-state index in [1.165, 1.54) is 31.2 Å². The number of hydrogen-bond acceptors (Lipinski definition) is 3. The Hall–Kier alpha value is 0.380. The van der Waals surface area contributed by atoms with Gasteiger partial charge in [0, 0.05) is 42.3 Å². The molecule has 0 unspecified atom stereocenters. The number of halogens is 3. The second kappa shape index (κ2) is 7.51. The molecule has 0 amide bonds. The van der Waals surface area contributed by atoms with Crippen LogP contribution in [0.4, 0.5) is 0 Å². The standard InChI is InChI=1S/C16H21Br3N2O/c17-11-9-12(18)16(22)14(19)13(11)15(10-3-1-2-4-10)21-7-5-20-6-8-21/h9-10,15,20,22H,1-8H2/t15-/m1/s1. The first-order valence-electron chi connectivity index (χ1n) is 7.90. The normalized spacial score (nSPS) is 22.1. The van der Waals surface area contributed by atoms with Gasteiger partial charge in [0.15, 0.2) is 0 Å². The number of rotatable bonds is 3. The number of benzene rings is 1. The zero-order valence-corrected chi connectivity index (χ0v) is 17.2. The van der Waals surface area contributed by atoms with Gasteiger partial charge in [-0.05, 0) is 56.7 Å². The summed E-state index contributed by atoms with van der Waals surface area (Å²) in [5.74, 6) is 0.975. The van der Waals surface area contributed by atoms with Crippen LogP contribution in [0, 0.1) is 5.92 Å². The van der Waals surface area contributed by atoms with E-state index in [2.05, 4.69) is 58.0 Å². The maximum atomic E-state index is 10.4. The van der Waals surface area contributed by atoms with E-state index in [0.29, 0.717) is 17.7 Å². The van der Waals surface area contributed by atoms with E-state index in [0.717, 1.165) is 39.6 Å². The van der Waals surface area contributed by atoms with Crippen LogP contribution in [-0.2, 0) is 0 Å².